The Morgan fingerprint density at radius 1 is 0.963 bits per heavy atom. The second-order valence-corrected chi connectivity index (χ2v) is 6.31. The monoisotopic (exact) mass is 362 g/mol. The molecule has 0 aliphatic carbocycles. The minimum absolute atomic E-state index is 0.226. The highest BCUT2D eigenvalue weighted by atomic mass is 16.5. The predicted molar refractivity (Wildman–Crippen MR) is 107 cm³/mol. The lowest BCUT2D eigenvalue weighted by Crippen LogP contribution is -2.15. The van der Waals surface area contributed by atoms with Crippen molar-refractivity contribution < 1.29 is 9.53 Å². The number of nitrogens with zero attached hydrogens (tertiary/aromatic N) is 2. The van der Waals surface area contributed by atoms with Gasteiger partial charge in [0, 0.05) is 5.69 Å². The van der Waals surface area contributed by atoms with Crippen LogP contribution in [0.5, 0.6) is 5.75 Å². The van der Waals surface area contributed by atoms with E-state index in [2.05, 4.69) is 40.5 Å². The average Bonchev–Trinajstić information content (AvgIpc) is 2.69. The van der Waals surface area contributed by atoms with E-state index in [1.165, 1.54) is 11.8 Å². The molecule has 1 heterocycles. The summed E-state index contributed by atoms with van der Waals surface area (Å²) in [5.74, 6) is 1.20. The molecule has 0 spiro atoms. The zero-order valence-electron chi connectivity index (χ0n) is 15.6. The molecule has 0 atom stereocenters. The van der Waals surface area contributed by atoms with Gasteiger partial charge in [0.1, 0.15) is 17.3 Å². The Balaban J connectivity index is 1.73. The zero-order valence-corrected chi connectivity index (χ0v) is 15.6. The molecule has 6 heteroatoms. The SMILES string of the molecule is COc1ccccc1NC(=O)c1cnc(Nc2ccccc2C(C)C)cn1. The van der Waals surface area contributed by atoms with E-state index >= 15 is 0 Å². The first-order valence-electron chi connectivity index (χ1n) is 8.71. The molecule has 6 nitrogen and oxygen atoms in total. The van der Waals surface area contributed by atoms with Crippen molar-refractivity contribution in [2.45, 2.75) is 19.8 Å². The second-order valence-electron chi connectivity index (χ2n) is 6.31. The first-order valence-corrected chi connectivity index (χ1v) is 8.71. The van der Waals surface area contributed by atoms with E-state index in [-0.39, 0.29) is 11.6 Å². The van der Waals surface area contributed by atoms with Gasteiger partial charge in [-0.25, -0.2) is 9.97 Å². The average molecular weight is 362 g/mol. The first-order chi connectivity index (χ1) is 13.1. The van der Waals surface area contributed by atoms with Crippen LogP contribution in [0.2, 0.25) is 0 Å². The van der Waals surface area contributed by atoms with Crippen molar-refractivity contribution >= 4 is 23.1 Å². The van der Waals surface area contributed by atoms with Gasteiger partial charge in [0.25, 0.3) is 5.91 Å². The van der Waals surface area contributed by atoms with Crippen molar-refractivity contribution in [1.82, 2.24) is 9.97 Å². The molecule has 0 aliphatic heterocycles. The molecule has 0 saturated heterocycles. The minimum atomic E-state index is -0.346. The Morgan fingerprint density at radius 2 is 1.67 bits per heavy atom. The quantitative estimate of drug-likeness (QED) is 0.670. The number of amides is 1. The molecule has 3 aromatic rings. The fraction of sp³-hybridized carbons (Fsp3) is 0.190. The van der Waals surface area contributed by atoms with Gasteiger partial charge >= 0.3 is 0 Å². The van der Waals surface area contributed by atoms with Crippen molar-refractivity contribution in [3.8, 4) is 5.75 Å². The summed E-state index contributed by atoms with van der Waals surface area (Å²) in [6, 6.07) is 15.3. The summed E-state index contributed by atoms with van der Waals surface area (Å²) in [7, 11) is 1.56. The molecule has 3 rings (SSSR count). The fourth-order valence-corrected chi connectivity index (χ4v) is 2.70. The summed E-state index contributed by atoms with van der Waals surface area (Å²) in [5, 5.41) is 6.05. The number of nitrogens with one attached hydrogen (secondary N) is 2. The molecule has 0 bridgehead atoms. The van der Waals surface area contributed by atoms with Gasteiger partial charge in [-0.2, -0.15) is 0 Å². The molecule has 1 amide bonds. The van der Waals surface area contributed by atoms with E-state index in [1.807, 2.05) is 30.3 Å². The largest absolute Gasteiger partial charge is 0.495 e. The van der Waals surface area contributed by atoms with Crippen LogP contribution in [0.1, 0.15) is 35.8 Å². The van der Waals surface area contributed by atoms with E-state index in [1.54, 1.807) is 25.4 Å². The lowest BCUT2D eigenvalue weighted by molar-refractivity contribution is 0.102. The van der Waals surface area contributed by atoms with Crippen LogP contribution in [0, 0.1) is 0 Å². The number of aromatic nitrogens is 2. The summed E-state index contributed by atoms with van der Waals surface area (Å²) in [6.45, 7) is 4.27. The van der Waals surface area contributed by atoms with E-state index in [0.29, 0.717) is 23.2 Å². The summed E-state index contributed by atoms with van der Waals surface area (Å²) in [5.41, 5.74) is 2.98. The zero-order chi connectivity index (χ0) is 19.2. The number of ether oxygens (including phenoxy) is 1. The number of hydrogen-bond acceptors (Lipinski definition) is 5. The maximum absolute atomic E-state index is 12.4. The van der Waals surface area contributed by atoms with Gasteiger partial charge in [-0.3, -0.25) is 4.79 Å². The van der Waals surface area contributed by atoms with Gasteiger partial charge in [0.05, 0.1) is 25.2 Å². The third-order valence-electron chi connectivity index (χ3n) is 4.09. The Morgan fingerprint density at radius 3 is 2.33 bits per heavy atom. The van der Waals surface area contributed by atoms with Gasteiger partial charge in [-0.15, -0.1) is 0 Å². The van der Waals surface area contributed by atoms with Crippen LogP contribution in [-0.4, -0.2) is 23.0 Å². The Labute approximate surface area is 158 Å². The van der Waals surface area contributed by atoms with Crippen molar-refractivity contribution in [1.29, 1.82) is 0 Å². The van der Waals surface area contributed by atoms with Crippen molar-refractivity contribution in [3.05, 3.63) is 72.2 Å². The number of anilines is 3. The fourth-order valence-electron chi connectivity index (χ4n) is 2.70. The number of rotatable bonds is 6. The third-order valence-corrected chi connectivity index (χ3v) is 4.09. The van der Waals surface area contributed by atoms with Gasteiger partial charge in [0.2, 0.25) is 0 Å². The van der Waals surface area contributed by atoms with Gasteiger partial charge in [0.15, 0.2) is 0 Å². The number of carbonyl (C=O) groups excluding carboxylic acids is 1. The molecular weight excluding hydrogens is 340 g/mol. The normalized spacial score (nSPS) is 10.5. The van der Waals surface area contributed by atoms with Crippen molar-refractivity contribution in [2.24, 2.45) is 0 Å². The van der Waals surface area contributed by atoms with Crippen LogP contribution in [-0.2, 0) is 0 Å². The molecule has 0 fully saturated rings. The van der Waals surface area contributed by atoms with E-state index < -0.39 is 0 Å². The van der Waals surface area contributed by atoms with Crippen LogP contribution >= 0.6 is 0 Å². The van der Waals surface area contributed by atoms with Gasteiger partial charge < -0.3 is 15.4 Å². The number of methoxy groups -OCH3 is 1. The number of carbonyl (C=O) groups is 1. The molecule has 0 radical (unpaired) electrons. The maximum atomic E-state index is 12.4. The first kappa shape index (κ1) is 18.4. The Kier molecular flexibility index (Phi) is 5.66. The molecular formula is C21H22N4O2. The highest BCUT2D eigenvalue weighted by molar-refractivity contribution is 6.03. The number of para-hydroxylation sites is 3. The molecule has 0 aliphatic rings. The highest BCUT2D eigenvalue weighted by Gasteiger charge is 2.12. The summed E-state index contributed by atoms with van der Waals surface area (Å²) < 4.78 is 5.24. The van der Waals surface area contributed by atoms with Crippen LogP contribution in [0.3, 0.4) is 0 Å². The minimum Gasteiger partial charge on any atom is -0.495 e. The van der Waals surface area contributed by atoms with E-state index in [4.69, 9.17) is 4.74 Å². The van der Waals surface area contributed by atoms with Crippen molar-refractivity contribution in [2.75, 3.05) is 17.7 Å². The molecule has 27 heavy (non-hydrogen) atoms. The van der Waals surface area contributed by atoms with Crippen LogP contribution < -0.4 is 15.4 Å². The van der Waals surface area contributed by atoms with Crippen molar-refractivity contribution in [3.63, 3.8) is 0 Å². The van der Waals surface area contributed by atoms with Gasteiger partial charge in [-0.05, 0) is 29.7 Å². The van der Waals surface area contributed by atoms with Crippen LogP contribution in [0.4, 0.5) is 17.2 Å². The predicted octanol–water partition coefficient (Wildman–Crippen LogP) is 4.60. The Hall–Kier alpha value is -3.41. The second kappa shape index (κ2) is 8.31. The van der Waals surface area contributed by atoms with Gasteiger partial charge in [-0.1, -0.05) is 44.2 Å². The molecule has 0 unspecified atom stereocenters. The highest BCUT2D eigenvalue weighted by Crippen LogP contribution is 2.26. The maximum Gasteiger partial charge on any atom is 0.275 e. The molecule has 1 aromatic heterocycles. The molecule has 2 aromatic carbocycles. The topological polar surface area (TPSA) is 76.1 Å². The summed E-state index contributed by atoms with van der Waals surface area (Å²) in [4.78, 5) is 20.9. The van der Waals surface area contributed by atoms with E-state index in [9.17, 15) is 4.79 Å². The lowest BCUT2D eigenvalue weighted by Gasteiger charge is -2.14. The molecule has 2 N–H and O–H groups in total. The van der Waals surface area contributed by atoms with Crippen LogP contribution in [0.25, 0.3) is 0 Å². The number of hydrogen-bond donors (Lipinski definition) is 2. The summed E-state index contributed by atoms with van der Waals surface area (Å²) >= 11 is 0. The molecule has 0 saturated carbocycles. The summed E-state index contributed by atoms with van der Waals surface area (Å²) in [6.07, 6.45) is 3.00. The Bertz CT molecular complexity index is 923. The van der Waals surface area contributed by atoms with Crippen LogP contribution in [0.15, 0.2) is 60.9 Å². The third kappa shape index (κ3) is 4.41. The van der Waals surface area contributed by atoms with E-state index in [0.717, 1.165) is 5.69 Å². The number of benzene rings is 2. The standard InChI is InChI=1S/C21H22N4O2/c1-14(2)15-8-4-5-9-16(15)24-20-13-22-18(12-23-20)21(26)25-17-10-6-7-11-19(17)27-3/h4-14H,1-3H3,(H,23,24)(H,25,26). The lowest BCUT2D eigenvalue weighted by atomic mass is 10.0. The smallest absolute Gasteiger partial charge is 0.275 e. The molecule has 138 valence electrons.